The zero-order chi connectivity index (χ0) is 27.2. The molecular weight excluding hydrogens is 488 g/mol. The van der Waals surface area contributed by atoms with Crippen molar-refractivity contribution in [2.75, 3.05) is 27.4 Å². The lowest BCUT2D eigenvalue weighted by Gasteiger charge is -2.10. The van der Waals surface area contributed by atoms with Crippen LogP contribution in [0.1, 0.15) is 16.7 Å². The number of benzene rings is 3. The molecule has 3 aromatic carbocycles. The van der Waals surface area contributed by atoms with E-state index in [1.807, 2.05) is 42.5 Å². The first-order valence-corrected chi connectivity index (χ1v) is 11.8. The molecule has 3 rings (SSSR count). The van der Waals surface area contributed by atoms with Crippen LogP contribution in [0.25, 0.3) is 0 Å². The van der Waals surface area contributed by atoms with E-state index in [0.717, 1.165) is 11.1 Å². The van der Waals surface area contributed by atoms with Crippen molar-refractivity contribution >= 4 is 23.9 Å². The number of rotatable bonds is 12. The van der Waals surface area contributed by atoms with Crippen molar-refractivity contribution in [3.8, 4) is 17.2 Å². The molecule has 0 bridgehead atoms. The van der Waals surface area contributed by atoms with Gasteiger partial charge in [0.15, 0.2) is 18.1 Å². The summed E-state index contributed by atoms with van der Waals surface area (Å²) >= 11 is 0. The Morgan fingerprint density at radius 2 is 1.61 bits per heavy atom. The SMILES string of the molecule is COc1ccc(CCNC(=O)C(=O)N/N=C\c2cccc(OCC(=O)NCc3ccccc3)c2)cc1OC. The first kappa shape index (κ1) is 27.7. The van der Waals surface area contributed by atoms with Gasteiger partial charge in [-0.05, 0) is 47.4 Å². The lowest BCUT2D eigenvalue weighted by molar-refractivity contribution is -0.139. The average Bonchev–Trinajstić information content (AvgIpc) is 2.95. The van der Waals surface area contributed by atoms with E-state index in [1.165, 1.54) is 6.21 Å². The summed E-state index contributed by atoms with van der Waals surface area (Å²) in [6.07, 6.45) is 1.87. The summed E-state index contributed by atoms with van der Waals surface area (Å²) in [5.41, 5.74) is 4.71. The monoisotopic (exact) mass is 518 g/mol. The highest BCUT2D eigenvalue weighted by Gasteiger charge is 2.12. The van der Waals surface area contributed by atoms with Crippen molar-refractivity contribution in [2.24, 2.45) is 5.10 Å². The number of amides is 3. The van der Waals surface area contributed by atoms with E-state index in [4.69, 9.17) is 14.2 Å². The Hall–Kier alpha value is -4.86. The Kier molecular flexibility index (Phi) is 10.7. The first-order chi connectivity index (χ1) is 18.5. The van der Waals surface area contributed by atoms with Crippen molar-refractivity contribution in [2.45, 2.75) is 13.0 Å². The molecular formula is C28H30N4O6. The van der Waals surface area contributed by atoms with Gasteiger partial charge in [0.2, 0.25) is 0 Å². The number of hydrazone groups is 1. The third-order valence-corrected chi connectivity index (χ3v) is 5.29. The molecule has 0 radical (unpaired) electrons. The lowest BCUT2D eigenvalue weighted by Crippen LogP contribution is -2.38. The molecule has 3 N–H and O–H groups in total. The van der Waals surface area contributed by atoms with Crippen LogP contribution in [-0.4, -0.2) is 51.3 Å². The maximum atomic E-state index is 12.0. The molecule has 0 aromatic heterocycles. The number of carbonyl (C=O) groups is 3. The molecule has 10 heteroatoms. The summed E-state index contributed by atoms with van der Waals surface area (Å²) in [5.74, 6) is -0.291. The number of nitrogens with zero attached hydrogens (tertiary/aromatic N) is 1. The van der Waals surface area contributed by atoms with Crippen LogP contribution < -0.4 is 30.3 Å². The number of ether oxygens (including phenoxy) is 3. The van der Waals surface area contributed by atoms with Crippen molar-refractivity contribution in [3.63, 3.8) is 0 Å². The summed E-state index contributed by atoms with van der Waals surface area (Å²) in [6, 6.07) is 21.8. The van der Waals surface area contributed by atoms with Crippen LogP contribution in [0.15, 0.2) is 77.9 Å². The average molecular weight is 519 g/mol. The van der Waals surface area contributed by atoms with E-state index >= 15 is 0 Å². The van der Waals surface area contributed by atoms with Crippen molar-refractivity contribution < 1.29 is 28.6 Å². The maximum Gasteiger partial charge on any atom is 0.329 e. The fourth-order valence-corrected chi connectivity index (χ4v) is 3.33. The number of methoxy groups -OCH3 is 2. The van der Waals surface area contributed by atoms with Crippen LogP contribution in [0, 0.1) is 0 Å². The van der Waals surface area contributed by atoms with E-state index in [-0.39, 0.29) is 19.1 Å². The highest BCUT2D eigenvalue weighted by atomic mass is 16.5. The van der Waals surface area contributed by atoms with Crippen molar-refractivity contribution in [3.05, 3.63) is 89.5 Å². The van der Waals surface area contributed by atoms with E-state index in [1.54, 1.807) is 44.6 Å². The fraction of sp³-hybridized carbons (Fsp3) is 0.214. The smallest absolute Gasteiger partial charge is 0.329 e. The number of carbonyl (C=O) groups excluding carboxylic acids is 3. The molecule has 0 saturated carbocycles. The summed E-state index contributed by atoms with van der Waals surface area (Å²) < 4.78 is 16.0. The van der Waals surface area contributed by atoms with E-state index in [2.05, 4.69) is 21.2 Å². The van der Waals surface area contributed by atoms with Crippen molar-refractivity contribution in [1.29, 1.82) is 0 Å². The van der Waals surface area contributed by atoms with Gasteiger partial charge in [-0.15, -0.1) is 0 Å². The topological polar surface area (TPSA) is 127 Å². The minimum Gasteiger partial charge on any atom is -0.493 e. The summed E-state index contributed by atoms with van der Waals surface area (Å²) in [7, 11) is 3.10. The predicted molar refractivity (Wildman–Crippen MR) is 142 cm³/mol. The third kappa shape index (κ3) is 8.98. The van der Waals surface area contributed by atoms with Gasteiger partial charge >= 0.3 is 11.8 Å². The van der Waals surface area contributed by atoms with Gasteiger partial charge in [-0.3, -0.25) is 14.4 Å². The van der Waals surface area contributed by atoms with Crippen LogP contribution >= 0.6 is 0 Å². The molecule has 3 amide bonds. The second-order valence-electron chi connectivity index (χ2n) is 8.02. The second-order valence-corrected chi connectivity index (χ2v) is 8.02. The molecule has 38 heavy (non-hydrogen) atoms. The quantitative estimate of drug-likeness (QED) is 0.192. The highest BCUT2D eigenvalue weighted by Crippen LogP contribution is 2.27. The molecule has 0 fully saturated rings. The van der Waals surface area contributed by atoms with Gasteiger partial charge in [0.25, 0.3) is 5.91 Å². The molecule has 0 aliphatic rings. The standard InChI is InChI=1S/C28H30N4O6/c1-36-24-12-11-20(16-25(24)37-2)13-14-29-27(34)28(35)32-31-18-22-9-6-10-23(15-22)38-19-26(33)30-17-21-7-4-3-5-8-21/h3-12,15-16,18H,13-14,17,19H2,1-2H3,(H,29,34)(H,30,33)(H,32,35)/b31-18-. The maximum absolute atomic E-state index is 12.0. The van der Waals surface area contributed by atoms with Gasteiger partial charge in [0, 0.05) is 13.1 Å². The molecule has 0 aliphatic carbocycles. The molecule has 0 spiro atoms. The zero-order valence-electron chi connectivity index (χ0n) is 21.2. The van der Waals surface area contributed by atoms with Crippen LogP contribution in [-0.2, 0) is 27.3 Å². The number of hydrogen-bond donors (Lipinski definition) is 3. The Labute approximate surface area is 221 Å². The third-order valence-electron chi connectivity index (χ3n) is 5.29. The van der Waals surface area contributed by atoms with Gasteiger partial charge in [-0.25, -0.2) is 5.43 Å². The van der Waals surface area contributed by atoms with Gasteiger partial charge in [-0.2, -0.15) is 5.10 Å². The molecule has 198 valence electrons. The Balaban J connectivity index is 1.39. The Morgan fingerprint density at radius 3 is 2.37 bits per heavy atom. The zero-order valence-corrected chi connectivity index (χ0v) is 21.2. The summed E-state index contributed by atoms with van der Waals surface area (Å²) in [6.45, 7) is 0.524. The molecule has 0 unspecified atom stereocenters. The van der Waals surface area contributed by atoms with Crippen LogP contribution in [0.3, 0.4) is 0 Å². The number of nitrogens with one attached hydrogen (secondary N) is 3. The van der Waals surface area contributed by atoms with Gasteiger partial charge in [0.05, 0.1) is 20.4 Å². The van der Waals surface area contributed by atoms with Gasteiger partial charge < -0.3 is 24.8 Å². The molecule has 0 atom stereocenters. The highest BCUT2D eigenvalue weighted by molar-refractivity contribution is 6.35. The molecule has 0 saturated heterocycles. The fourth-order valence-electron chi connectivity index (χ4n) is 3.33. The van der Waals surface area contributed by atoms with E-state index < -0.39 is 11.8 Å². The summed E-state index contributed by atoms with van der Waals surface area (Å²) in [4.78, 5) is 36.1. The minimum atomic E-state index is -0.893. The molecule has 3 aromatic rings. The van der Waals surface area contributed by atoms with E-state index in [0.29, 0.717) is 35.8 Å². The van der Waals surface area contributed by atoms with Crippen molar-refractivity contribution in [1.82, 2.24) is 16.1 Å². The van der Waals surface area contributed by atoms with Gasteiger partial charge in [-0.1, -0.05) is 48.5 Å². The molecule has 10 nitrogen and oxygen atoms in total. The molecule has 0 aliphatic heterocycles. The number of hydrogen-bond acceptors (Lipinski definition) is 7. The predicted octanol–water partition coefficient (Wildman–Crippen LogP) is 2.21. The Morgan fingerprint density at radius 1 is 0.816 bits per heavy atom. The van der Waals surface area contributed by atoms with Crippen LogP contribution in [0.2, 0.25) is 0 Å². The minimum absolute atomic E-state index is 0.145. The molecule has 0 heterocycles. The Bertz CT molecular complexity index is 1260. The van der Waals surface area contributed by atoms with Crippen LogP contribution in [0.5, 0.6) is 17.2 Å². The van der Waals surface area contributed by atoms with Gasteiger partial charge in [0.1, 0.15) is 5.75 Å². The van der Waals surface area contributed by atoms with Crippen LogP contribution in [0.4, 0.5) is 0 Å². The summed E-state index contributed by atoms with van der Waals surface area (Å²) in [5, 5.41) is 9.16. The lowest BCUT2D eigenvalue weighted by atomic mass is 10.1. The first-order valence-electron chi connectivity index (χ1n) is 11.8. The van der Waals surface area contributed by atoms with E-state index in [9.17, 15) is 14.4 Å². The normalized spacial score (nSPS) is 10.5. The largest absolute Gasteiger partial charge is 0.493 e. The second kappa shape index (κ2) is 14.6.